The zero-order chi connectivity index (χ0) is 21.7. The zero-order valence-electron chi connectivity index (χ0n) is 17.8. The Hall–Kier alpha value is -1.60. The fraction of sp³-hybridized carbons (Fsp3) is 0.500. The first-order valence-corrected chi connectivity index (χ1v) is 13.1. The molecule has 31 heavy (non-hydrogen) atoms. The van der Waals surface area contributed by atoms with E-state index in [4.69, 9.17) is 16.3 Å². The van der Waals surface area contributed by atoms with E-state index >= 15 is 0 Å². The molecule has 168 valence electrons. The first-order valence-electron chi connectivity index (χ1n) is 11.2. The van der Waals surface area contributed by atoms with E-state index in [2.05, 4.69) is 27.8 Å². The maximum atomic E-state index is 12.6. The van der Waals surface area contributed by atoms with E-state index in [0.717, 1.165) is 38.2 Å². The normalized spacial score (nSPS) is 19.0. The average Bonchev–Trinajstić information content (AvgIpc) is 3.30. The van der Waals surface area contributed by atoms with Gasteiger partial charge in [0.15, 0.2) is 0 Å². The van der Waals surface area contributed by atoms with Crippen LogP contribution in [0.5, 0.6) is 5.75 Å². The van der Waals surface area contributed by atoms with Crippen LogP contribution in [0.3, 0.4) is 0 Å². The number of hydrogen-bond acceptors (Lipinski definition) is 4. The van der Waals surface area contributed by atoms with Gasteiger partial charge in [-0.05, 0) is 74.5 Å². The summed E-state index contributed by atoms with van der Waals surface area (Å²) in [6.07, 6.45) is 6.74. The summed E-state index contributed by atoms with van der Waals surface area (Å²) in [5, 5.41) is 0.423. The van der Waals surface area contributed by atoms with Gasteiger partial charge in [0, 0.05) is 17.6 Å². The van der Waals surface area contributed by atoms with Crippen molar-refractivity contribution in [2.75, 3.05) is 26.2 Å². The highest BCUT2D eigenvalue weighted by Crippen LogP contribution is 2.38. The Morgan fingerprint density at radius 3 is 2.48 bits per heavy atom. The van der Waals surface area contributed by atoms with Crippen molar-refractivity contribution in [1.29, 1.82) is 0 Å². The number of rotatable bonds is 8. The predicted octanol–water partition coefficient (Wildman–Crippen LogP) is 4.82. The third kappa shape index (κ3) is 6.01. The average molecular weight is 463 g/mol. The molecule has 0 atom stereocenters. The third-order valence-electron chi connectivity index (χ3n) is 6.39. The van der Waals surface area contributed by atoms with E-state index in [-0.39, 0.29) is 10.9 Å². The van der Waals surface area contributed by atoms with E-state index in [1.807, 2.05) is 6.07 Å². The van der Waals surface area contributed by atoms with Gasteiger partial charge in [0.1, 0.15) is 12.4 Å². The third-order valence-corrected chi connectivity index (χ3v) is 8.15. The van der Waals surface area contributed by atoms with Crippen LogP contribution in [0.15, 0.2) is 53.4 Å². The van der Waals surface area contributed by atoms with Gasteiger partial charge in [0.05, 0.1) is 4.90 Å². The molecule has 0 bridgehead atoms. The van der Waals surface area contributed by atoms with E-state index in [9.17, 15) is 8.42 Å². The van der Waals surface area contributed by atoms with Crippen molar-refractivity contribution < 1.29 is 13.2 Å². The number of hydrogen-bond donors (Lipinski definition) is 1. The van der Waals surface area contributed by atoms with Crippen LogP contribution in [0, 0.1) is 0 Å². The Morgan fingerprint density at radius 1 is 1.00 bits per heavy atom. The molecule has 7 heteroatoms. The summed E-state index contributed by atoms with van der Waals surface area (Å²) in [6, 6.07) is 14.8. The number of nitrogens with one attached hydrogen (secondary N) is 1. The fourth-order valence-electron chi connectivity index (χ4n) is 4.67. The molecule has 4 rings (SSSR count). The van der Waals surface area contributed by atoms with Crippen LogP contribution >= 0.6 is 11.6 Å². The van der Waals surface area contributed by atoms with Crippen LogP contribution < -0.4 is 9.46 Å². The quantitative estimate of drug-likeness (QED) is 0.611. The lowest BCUT2D eigenvalue weighted by Gasteiger charge is -2.32. The topological polar surface area (TPSA) is 58.6 Å². The molecule has 0 amide bonds. The number of sulfonamides is 1. The van der Waals surface area contributed by atoms with Gasteiger partial charge in [-0.25, -0.2) is 13.1 Å². The first kappa shape index (κ1) is 22.6. The summed E-state index contributed by atoms with van der Waals surface area (Å²) in [5.74, 6) is 1.66. The van der Waals surface area contributed by atoms with Crippen molar-refractivity contribution in [3.05, 3.63) is 59.1 Å². The molecule has 2 aromatic rings. The van der Waals surface area contributed by atoms with Crippen LogP contribution in [-0.2, 0) is 10.0 Å². The van der Waals surface area contributed by atoms with Crippen LogP contribution in [0.4, 0.5) is 0 Å². The highest BCUT2D eigenvalue weighted by Gasteiger charge is 2.25. The van der Waals surface area contributed by atoms with E-state index < -0.39 is 10.0 Å². The zero-order valence-corrected chi connectivity index (χ0v) is 19.4. The molecule has 1 saturated carbocycles. The molecular weight excluding hydrogens is 432 g/mol. The minimum absolute atomic E-state index is 0.0516. The lowest BCUT2D eigenvalue weighted by Crippen LogP contribution is -2.45. The van der Waals surface area contributed by atoms with Crippen LogP contribution in [0.1, 0.15) is 50.0 Å². The summed E-state index contributed by atoms with van der Waals surface area (Å²) in [7, 11) is -3.54. The molecule has 0 unspecified atom stereocenters. The molecular formula is C24H31ClN2O3S. The summed E-state index contributed by atoms with van der Waals surface area (Å²) >= 11 is 5.94. The highest BCUT2D eigenvalue weighted by atomic mass is 35.5. The van der Waals surface area contributed by atoms with Crippen molar-refractivity contribution in [3.63, 3.8) is 0 Å². The number of likely N-dealkylation sites (tertiary alicyclic amines) is 1. The molecule has 0 spiro atoms. The molecule has 0 radical (unpaired) electrons. The van der Waals surface area contributed by atoms with Crippen molar-refractivity contribution in [3.8, 4) is 5.75 Å². The molecule has 1 N–H and O–H groups in total. The van der Waals surface area contributed by atoms with Crippen LogP contribution in [-0.4, -0.2) is 45.6 Å². The van der Waals surface area contributed by atoms with Crippen molar-refractivity contribution in [2.45, 2.75) is 55.4 Å². The van der Waals surface area contributed by atoms with Gasteiger partial charge in [0.2, 0.25) is 10.0 Å². The van der Waals surface area contributed by atoms with Gasteiger partial charge in [-0.3, -0.25) is 4.90 Å². The number of nitrogens with zero attached hydrogens (tertiary/aromatic N) is 1. The number of para-hydroxylation sites is 1. The van der Waals surface area contributed by atoms with E-state index in [1.165, 1.54) is 37.3 Å². The molecule has 1 aliphatic heterocycles. The molecule has 1 heterocycles. The minimum atomic E-state index is -3.54. The first-order chi connectivity index (χ1) is 15.0. The second-order valence-electron chi connectivity index (χ2n) is 8.56. The molecule has 2 aliphatic rings. The second kappa shape index (κ2) is 10.3. The Morgan fingerprint density at radius 2 is 1.74 bits per heavy atom. The maximum Gasteiger partial charge on any atom is 0.240 e. The van der Waals surface area contributed by atoms with Gasteiger partial charge in [-0.1, -0.05) is 48.7 Å². The second-order valence-corrected chi connectivity index (χ2v) is 10.7. The largest absolute Gasteiger partial charge is 0.492 e. The Kier molecular flexibility index (Phi) is 7.54. The van der Waals surface area contributed by atoms with E-state index in [1.54, 1.807) is 18.2 Å². The number of piperidine rings is 1. The van der Waals surface area contributed by atoms with Gasteiger partial charge in [-0.15, -0.1) is 0 Å². The fourth-order valence-corrected chi connectivity index (χ4v) is 6.27. The van der Waals surface area contributed by atoms with Gasteiger partial charge in [0.25, 0.3) is 0 Å². The van der Waals surface area contributed by atoms with Gasteiger partial charge < -0.3 is 4.74 Å². The summed E-state index contributed by atoms with van der Waals surface area (Å²) < 4.78 is 34.2. The van der Waals surface area contributed by atoms with Crippen LogP contribution in [0.2, 0.25) is 5.02 Å². The van der Waals surface area contributed by atoms with Gasteiger partial charge >= 0.3 is 0 Å². The number of halogens is 1. The summed E-state index contributed by atoms with van der Waals surface area (Å²) in [6.45, 7) is 3.22. The smallest absolute Gasteiger partial charge is 0.240 e. The Labute approximate surface area is 190 Å². The van der Waals surface area contributed by atoms with Crippen LogP contribution in [0.25, 0.3) is 0 Å². The Bertz CT molecular complexity index is 968. The monoisotopic (exact) mass is 462 g/mol. The van der Waals surface area contributed by atoms with Crippen molar-refractivity contribution in [1.82, 2.24) is 9.62 Å². The Balaban J connectivity index is 1.23. The summed E-state index contributed by atoms with van der Waals surface area (Å²) in [5.41, 5.74) is 1.36. The number of benzene rings is 2. The van der Waals surface area contributed by atoms with Crippen molar-refractivity contribution >= 4 is 21.6 Å². The molecule has 1 aliphatic carbocycles. The lowest BCUT2D eigenvalue weighted by molar-refractivity contribution is 0.170. The maximum absolute atomic E-state index is 12.6. The predicted molar refractivity (Wildman–Crippen MR) is 124 cm³/mol. The SMILES string of the molecule is O=S(=O)(NC1CCN(CCOc2ccccc2C2CCCC2)CC1)c1cccc(Cl)c1. The molecule has 5 nitrogen and oxygen atoms in total. The molecule has 0 aromatic heterocycles. The molecule has 1 saturated heterocycles. The highest BCUT2D eigenvalue weighted by molar-refractivity contribution is 7.89. The molecule has 2 fully saturated rings. The minimum Gasteiger partial charge on any atom is -0.492 e. The number of ether oxygens (including phenoxy) is 1. The summed E-state index contributed by atoms with van der Waals surface area (Å²) in [4.78, 5) is 2.57. The van der Waals surface area contributed by atoms with Gasteiger partial charge in [-0.2, -0.15) is 0 Å². The standard InChI is InChI=1S/C24H31ClN2O3S/c25-20-8-5-9-22(18-20)31(28,29)26-21-12-14-27(15-13-21)16-17-30-24-11-4-3-10-23(24)19-6-1-2-7-19/h3-5,8-11,18-19,21,26H,1-2,6-7,12-17H2. The van der Waals surface area contributed by atoms with E-state index in [0.29, 0.717) is 17.5 Å². The molecule has 2 aromatic carbocycles. The van der Waals surface area contributed by atoms with Crippen molar-refractivity contribution in [2.24, 2.45) is 0 Å². The lowest BCUT2D eigenvalue weighted by atomic mass is 9.97.